The van der Waals surface area contributed by atoms with E-state index in [1.807, 2.05) is 30.3 Å². The second kappa shape index (κ2) is 12.4. The van der Waals surface area contributed by atoms with E-state index in [0.717, 1.165) is 30.5 Å². The number of carbonyl (C=O) groups excluding carboxylic acids is 1. The smallest absolute Gasteiger partial charge is 0.410 e. The van der Waals surface area contributed by atoms with Gasteiger partial charge >= 0.3 is 18.2 Å². The predicted octanol–water partition coefficient (Wildman–Crippen LogP) is 2.73. The maximum absolute atomic E-state index is 13.0. The minimum atomic E-state index is -0.988. The van der Waals surface area contributed by atoms with Gasteiger partial charge in [0.15, 0.2) is 0 Å². The number of aromatic nitrogens is 2. The molecule has 2 amide bonds. The molecule has 2 saturated heterocycles. The van der Waals surface area contributed by atoms with Gasteiger partial charge in [-0.1, -0.05) is 30.3 Å². The highest BCUT2D eigenvalue weighted by Crippen LogP contribution is 2.31. The number of likely N-dealkylation sites (N-methyl/N-ethyl adjacent to an activating group) is 1. The fourth-order valence-corrected chi connectivity index (χ4v) is 5.61. The molecule has 3 aliphatic rings. The van der Waals surface area contributed by atoms with Crippen LogP contribution in [0.25, 0.3) is 0 Å². The molecule has 2 atom stereocenters. The van der Waals surface area contributed by atoms with Crippen LogP contribution in [0.15, 0.2) is 30.3 Å². The summed E-state index contributed by atoms with van der Waals surface area (Å²) in [5, 5.41) is 19.1. The van der Waals surface area contributed by atoms with E-state index >= 15 is 0 Å². The SMILES string of the molecule is CN1CCC[C@H]1COc1nc2c(c(N3CCN(C(=O)OCc4ccccc4)[C@H](CC#N)C3)n1)CCN(C(=O)O)C2. The molecule has 0 unspecified atom stereocenters. The van der Waals surface area contributed by atoms with Crippen molar-refractivity contribution >= 4 is 18.0 Å². The van der Waals surface area contributed by atoms with Crippen molar-refractivity contribution in [3.63, 3.8) is 0 Å². The second-order valence-corrected chi connectivity index (χ2v) is 10.5. The van der Waals surface area contributed by atoms with E-state index in [1.54, 1.807) is 4.90 Å². The number of fused-ring (bicyclic) bond motifs is 1. The number of hydrogen-bond donors (Lipinski definition) is 1. The molecule has 1 N–H and O–H groups in total. The number of rotatable bonds is 7. The Morgan fingerprint density at radius 2 is 1.95 bits per heavy atom. The Kier molecular flexibility index (Phi) is 8.50. The molecule has 1 aromatic heterocycles. The first-order valence-corrected chi connectivity index (χ1v) is 13.7. The van der Waals surface area contributed by atoms with Gasteiger partial charge in [0.2, 0.25) is 0 Å². The molecule has 40 heavy (non-hydrogen) atoms. The number of hydrogen-bond acceptors (Lipinski definition) is 9. The maximum atomic E-state index is 13.0. The summed E-state index contributed by atoms with van der Waals surface area (Å²) in [7, 11) is 2.07. The molecule has 0 radical (unpaired) electrons. The number of ether oxygens (including phenoxy) is 2. The summed E-state index contributed by atoms with van der Waals surface area (Å²) in [4.78, 5) is 41.4. The number of carbonyl (C=O) groups is 2. The lowest BCUT2D eigenvalue weighted by Gasteiger charge is -2.41. The maximum Gasteiger partial charge on any atom is 0.410 e. The lowest BCUT2D eigenvalue weighted by molar-refractivity contribution is 0.0767. The molecular weight excluding hydrogens is 514 g/mol. The number of nitriles is 1. The zero-order valence-electron chi connectivity index (χ0n) is 22.7. The van der Waals surface area contributed by atoms with Crippen LogP contribution in [0.4, 0.5) is 15.4 Å². The monoisotopic (exact) mass is 549 g/mol. The van der Waals surface area contributed by atoms with Crippen molar-refractivity contribution < 1.29 is 24.2 Å². The van der Waals surface area contributed by atoms with E-state index in [9.17, 15) is 20.0 Å². The molecule has 0 aliphatic carbocycles. The van der Waals surface area contributed by atoms with Crippen molar-refractivity contribution in [1.82, 2.24) is 24.7 Å². The van der Waals surface area contributed by atoms with Crippen molar-refractivity contribution in [3.8, 4) is 12.1 Å². The minimum absolute atomic E-state index is 0.147. The summed E-state index contributed by atoms with van der Waals surface area (Å²) >= 11 is 0. The lowest BCUT2D eigenvalue weighted by atomic mass is 10.0. The summed E-state index contributed by atoms with van der Waals surface area (Å²) in [6, 6.07) is 11.8. The van der Waals surface area contributed by atoms with Gasteiger partial charge < -0.3 is 34.2 Å². The van der Waals surface area contributed by atoms with Gasteiger partial charge in [0, 0.05) is 37.8 Å². The number of anilines is 1. The molecule has 3 aliphatic heterocycles. The van der Waals surface area contributed by atoms with E-state index < -0.39 is 12.2 Å². The molecule has 1 aromatic carbocycles. The van der Waals surface area contributed by atoms with E-state index in [1.165, 1.54) is 4.90 Å². The first-order valence-electron chi connectivity index (χ1n) is 13.7. The van der Waals surface area contributed by atoms with Crippen LogP contribution in [0.1, 0.15) is 36.1 Å². The summed E-state index contributed by atoms with van der Waals surface area (Å²) < 4.78 is 11.6. The van der Waals surface area contributed by atoms with E-state index in [4.69, 9.17) is 14.5 Å². The Balaban J connectivity index is 1.34. The topological polar surface area (TPSA) is 135 Å². The van der Waals surface area contributed by atoms with Crippen molar-refractivity contribution in [2.24, 2.45) is 0 Å². The van der Waals surface area contributed by atoms with Gasteiger partial charge in [-0.3, -0.25) is 0 Å². The van der Waals surface area contributed by atoms with Crippen LogP contribution in [0.5, 0.6) is 6.01 Å². The molecule has 0 spiro atoms. The number of amides is 2. The van der Waals surface area contributed by atoms with Crippen LogP contribution in [0.3, 0.4) is 0 Å². The number of carboxylic acid groups (broad SMARTS) is 1. The Bertz CT molecular complexity index is 1250. The lowest BCUT2D eigenvalue weighted by Crippen LogP contribution is -2.55. The van der Waals surface area contributed by atoms with Crippen LogP contribution in [-0.2, 0) is 24.3 Å². The number of benzene rings is 1. The molecule has 5 rings (SSSR count). The van der Waals surface area contributed by atoms with Gasteiger partial charge in [0.05, 0.1) is 30.8 Å². The van der Waals surface area contributed by atoms with Gasteiger partial charge in [-0.05, 0) is 38.4 Å². The quantitative estimate of drug-likeness (QED) is 0.549. The third kappa shape index (κ3) is 6.20. The standard InChI is InChI=1S/C28H35N7O5/c1-32-12-5-8-22(32)19-39-26-30-24-17-34(27(36)37)13-10-23(24)25(31-26)33-14-15-35(21(16-33)9-11-29)28(38)40-18-20-6-3-2-4-7-20/h2-4,6-7,21-22H,5,8-10,12-19H2,1H3,(H,36,37)/t21-,22+/m1/s1. The molecule has 12 nitrogen and oxygen atoms in total. The Hall–Kier alpha value is -4.11. The summed E-state index contributed by atoms with van der Waals surface area (Å²) in [6.07, 6.45) is 1.35. The predicted molar refractivity (Wildman–Crippen MR) is 145 cm³/mol. The van der Waals surface area contributed by atoms with Gasteiger partial charge in [0.25, 0.3) is 0 Å². The number of likely N-dealkylation sites (tertiary alicyclic amines) is 1. The average Bonchev–Trinajstić information content (AvgIpc) is 3.39. The van der Waals surface area contributed by atoms with Gasteiger partial charge in [-0.2, -0.15) is 15.2 Å². The molecule has 0 saturated carbocycles. The molecule has 2 aromatic rings. The molecular formula is C28H35N7O5. The zero-order chi connectivity index (χ0) is 28.1. The van der Waals surface area contributed by atoms with E-state index in [2.05, 4.69) is 27.9 Å². The van der Waals surface area contributed by atoms with Gasteiger partial charge in [-0.25, -0.2) is 9.59 Å². The van der Waals surface area contributed by atoms with Crippen molar-refractivity contribution in [2.45, 2.75) is 50.9 Å². The van der Waals surface area contributed by atoms with Crippen LogP contribution < -0.4 is 9.64 Å². The summed E-state index contributed by atoms with van der Waals surface area (Å²) in [5.74, 6) is 0.685. The fourth-order valence-electron chi connectivity index (χ4n) is 5.61. The van der Waals surface area contributed by atoms with Crippen LogP contribution in [-0.4, -0.2) is 100 Å². The largest absolute Gasteiger partial charge is 0.465 e. The van der Waals surface area contributed by atoms with Crippen molar-refractivity contribution in [1.29, 1.82) is 5.26 Å². The van der Waals surface area contributed by atoms with Gasteiger partial charge in [0.1, 0.15) is 19.0 Å². The molecule has 12 heteroatoms. The van der Waals surface area contributed by atoms with Crippen molar-refractivity contribution in [3.05, 3.63) is 47.2 Å². The first kappa shape index (κ1) is 27.5. The molecule has 2 fully saturated rings. The van der Waals surface area contributed by atoms with Crippen molar-refractivity contribution in [2.75, 3.05) is 51.3 Å². The normalized spacial score (nSPS) is 21.1. The van der Waals surface area contributed by atoms with Crippen LogP contribution in [0.2, 0.25) is 0 Å². The average molecular weight is 550 g/mol. The highest BCUT2D eigenvalue weighted by molar-refractivity contribution is 5.69. The van der Waals surface area contributed by atoms with Crippen LogP contribution >= 0.6 is 0 Å². The zero-order valence-corrected chi connectivity index (χ0v) is 22.7. The van der Waals surface area contributed by atoms with Crippen LogP contribution in [0, 0.1) is 11.3 Å². The highest BCUT2D eigenvalue weighted by atomic mass is 16.6. The Morgan fingerprint density at radius 1 is 1.12 bits per heavy atom. The first-order chi connectivity index (χ1) is 19.4. The molecule has 4 heterocycles. The minimum Gasteiger partial charge on any atom is -0.465 e. The highest BCUT2D eigenvalue weighted by Gasteiger charge is 2.35. The summed E-state index contributed by atoms with van der Waals surface area (Å²) in [6.45, 7) is 3.39. The third-order valence-electron chi connectivity index (χ3n) is 7.92. The Labute approximate surface area is 233 Å². The fraction of sp³-hybridized carbons (Fsp3) is 0.536. The van der Waals surface area contributed by atoms with Gasteiger partial charge in [-0.15, -0.1) is 0 Å². The van der Waals surface area contributed by atoms with E-state index in [0.29, 0.717) is 50.7 Å². The molecule has 212 valence electrons. The number of nitrogens with zero attached hydrogens (tertiary/aromatic N) is 7. The number of piperazine rings is 1. The Morgan fingerprint density at radius 3 is 2.67 bits per heavy atom. The molecule has 0 bridgehead atoms. The van der Waals surface area contributed by atoms with E-state index in [-0.39, 0.29) is 37.7 Å². The second-order valence-electron chi connectivity index (χ2n) is 10.5. The third-order valence-corrected chi connectivity index (χ3v) is 7.92. The summed E-state index contributed by atoms with van der Waals surface area (Å²) in [5.41, 5.74) is 2.42.